The van der Waals surface area contributed by atoms with Gasteiger partial charge in [-0.15, -0.1) is 10.2 Å². The molecule has 8 heteroatoms. The van der Waals surface area contributed by atoms with Crippen molar-refractivity contribution in [3.8, 4) is 17.3 Å². The van der Waals surface area contributed by atoms with Gasteiger partial charge < -0.3 is 14.5 Å². The summed E-state index contributed by atoms with van der Waals surface area (Å²) in [6.07, 6.45) is 1.60. The zero-order chi connectivity index (χ0) is 21.6. The molecule has 0 fully saturated rings. The van der Waals surface area contributed by atoms with Crippen LogP contribution < -0.4 is 10.1 Å². The Hall–Kier alpha value is -3.52. The summed E-state index contributed by atoms with van der Waals surface area (Å²) in [6, 6.07) is 20.6. The van der Waals surface area contributed by atoms with Gasteiger partial charge in [0.1, 0.15) is 11.0 Å². The summed E-state index contributed by atoms with van der Waals surface area (Å²) in [7, 11) is 1.59. The second-order valence-corrected chi connectivity index (χ2v) is 7.73. The van der Waals surface area contributed by atoms with Gasteiger partial charge in [-0.2, -0.15) is 0 Å². The number of carbonyl (C=O) groups is 1. The standard InChI is InChI=1S/C23H22N4O3S/c1-3-27-21(19-13-8-14-30-19)25-26-23(27)31-20(16-9-5-4-6-10-16)22(28)24-17-11-7-12-18(15-17)29-2/h4-15,20H,3H2,1-2H3,(H,24,28)/t20-/m1/s1. The zero-order valence-corrected chi connectivity index (χ0v) is 18.0. The molecule has 2 aromatic carbocycles. The summed E-state index contributed by atoms with van der Waals surface area (Å²) < 4.78 is 12.7. The predicted molar refractivity (Wildman–Crippen MR) is 120 cm³/mol. The Morgan fingerprint density at radius 2 is 1.97 bits per heavy atom. The molecule has 158 valence electrons. The van der Waals surface area contributed by atoms with Crippen molar-refractivity contribution < 1.29 is 13.9 Å². The van der Waals surface area contributed by atoms with Crippen LogP contribution in [0.3, 0.4) is 0 Å². The van der Waals surface area contributed by atoms with Crippen molar-refractivity contribution >= 4 is 23.4 Å². The van der Waals surface area contributed by atoms with Gasteiger partial charge in [0.2, 0.25) is 5.91 Å². The van der Waals surface area contributed by atoms with Gasteiger partial charge in [0.15, 0.2) is 16.7 Å². The molecule has 0 radical (unpaired) electrons. The molecule has 0 bridgehead atoms. The van der Waals surface area contributed by atoms with Crippen molar-refractivity contribution in [2.75, 3.05) is 12.4 Å². The Bertz CT molecular complexity index is 1140. The van der Waals surface area contributed by atoms with Crippen LogP contribution in [0.1, 0.15) is 17.7 Å². The Morgan fingerprint density at radius 1 is 1.13 bits per heavy atom. The molecular formula is C23H22N4O3S. The van der Waals surface area contributed by atoms with Gasteiger partial charge in [0, 0.05) is 18.3 Å². The van der Waals surface area contributed by atoms with Crippen molar-refractivity contribution in [1.29, 1.82) is 0 Å². The maximum atomic E-state index is 13.3. The Kier molecular flexibility index (Phi) is 6.37. The molecule has 0 aliphatic heterocycles. The third kappa shape index (κ3) is 4.64. The van der Waals surface area contributed by atoms with Crippen LogP contribution in [0.2, 0.25) is 0 Å². The molecule has 2 aromatic heterocycles. The number of anilines is 1. The van der Waals surface area contributed by atoms with Gasteiger partial charge >= 0.3 is 0 Å². The van der Waals surface area contributed by atoms with Crippen molar-refractivity contribution in [2.24, 2.45) is 0 Å². The van der Waals surface area contributed by atoms with E-state index in [-0.39, 0.29) is 5.91 Å². The van der Waals surface area contributed by atoms with Gasteiger partial charge in [0.25, 0.3) is 0 Å². The minimum absolute atomic E-state index is 0.158. The van der Waals surface area contributed by atoms with E-state index in [4.69, 9.17) is 9.15 Å². The highest BCUT2D eigenvalue weighted by Gasteiger charge is 2.26. The largest absolute Gasteiger partial charge is 0.497 e. The first-order valence-corrected chi connectivity index (χ1v) is 10.7. The van der Waals surface area contributed by atoms with Gasteiger partial charge in [-0.25, -0.2) is 0 Å². The molecule has 1 atom stereocenters. The summed E-state index contributed by atoms with van der Waals surface area (Å²) >= 11 is 1.35. The van der Waals surface area contributed by atoms with Gasteiger partial charge in [-0.1, -0.05) is 48.2 Å². The monoisotopic (exact) mass is 434 g/mol. The van der Waals surface area contributed by atoms with E-state index in [9.17, 15) is 4.79 Å². The molecule has 0 aliphatic rings. The second kappa shape index (κ2) is 9.53. The van der Waals surface area contributed by atoms with Crippen LogP contribution in [-0.4, -0.2) is 27.8 Å². The van der Waals surface area contributed by atoms with Gasteiger partial charge in [0.05, 0.1) is 13.4 Å². The first kappa shape index (κ1) is 20.7. The highest BCUT2D eigenvalue weighted by atomic mass is 32.2. The summed E-state index contributed by atoms with van der Waals surface area (Å²) in [5, 5.41) is 11.7. The van der Waals surface area contributed by atoms with E-state index in [1.807, 2.05) is 72.2 Å². The highest BCUT2D eigenvalue weighted by Crippen LogP contribution is 2.37. The van der Waals surface area contributed by atoms with E-state index in [2.05, 4.69) is 15.5 Å². The van der Waals surface area contributed by atoms with E-state index in [0.29, 0.717) is 34.7 Å². The normalized spacial score (nSPS) is 11.8. The van der Waals surface area contributed by atoms with Crippen molar-refractivity contribution in [3.05, 3.63) is 78.6 Å². The molecule has 4 rings (SSSR count). The number of benzene rings is 2. The Labute approximate surface area is 184 Å². The molecule has 0 aliphatic carbocycles. The van der Waals surface area contributed by atoms with Crippen molar-refractivity contribution in [3.63, 3.8) is 0 Å². The smallest absolute Gasteiger partial charge is 0.242 e. The molecular weight excluding hydrogens is 412 g/mol. The minimum Gasteiger partial charge on any atom is -0.497 e. The Balaban J connectivity index is 1.64. The highest BCUT2D eigenvalue weighted by molar-refractivity contribution is 8.00. The number of nitrogens with zero attached hydrogens (tertiary/aromatic N) is 3. The Morgan fingerprint density at radius 3 is 2.68 bits per heavy atom. The number of carbonyl (C=O) groups excluding carboxylic acids is 1. The third-order valence-corrected chi connectivity index (χ3v) is 5.91. The first-order chi connectivity index (χ1) is 15.2. The fourth-order valence-electron chi connectivity index (χ4n) is 3.16. The number of rotatable bonds is 8. The molecule has 2 heterocycles. The van der Waals surface area contributed by atoms with Crippen LogP contribution in [0.5, 0.6) is 5.75 Å². The lowest BCUT2D eigenvalue weighted by atomic mass is 10.1. The number of nitrogens with one attached hydrogen (secondary N) is 1. The zero-order valence-electron chi connectivity index (χ0n) is 17.2. The summed E-state index contributed by atoms with van der Waals surface area (Å²) in [6.45, 7) is 2.65. The number of thioether (sulfide) groups is 1. The number of furan rings is 1. The van der Waals surface area contributed by atoms with Gasteiger partial charge in [-0.3, -0.25) is 9.36 Å². The maximum absolute atomic E-state index is 13.3. The number of ether oxygens (including phenoxy) is 1. The number of aromatic nitrogens is 3. The van der Waals surface area contributed by atoms with Crippen molar-refractivity contribution in [1.82, 2.24) is 14.8 Å². The molecule has 1 amide bonds. The summed E-state index contributed by atoms with van der Waals surface area (Å²) in [5.74, 6) is 1.79. The fraction of sp³-hybridized carbons (Fsp3) is 0.174. The topological polar surface area (TPSA) is 82.2 Å². The average molecular weight is 435 g/mol. The lowest BCUT2D eigenvalue weighted by Gasteiger charge is -2.17. The summed E-state index contributed by atoms with van der Waals surface area (Å²) in [5.41, 5.74) is 1.54. The predicted octanol–water partition coefficient (Wildman–Crippen LogP) is 5.04. The molecule has 0 spiro atoms. The van der Waals surface area contributed by atoms with Crippen LogP contribution in [0.4, 0.5) is 5.69 Å². The number of hydrogen-bond donors (Lipinski definition) is 1. The fourth-order valence-corrected chi connectivity index (χ4v) is 4.26. The van der Waals surface area contributed by atoms with Crippen LogP contribution >= 0.6 is 11.8 Å². The van der Waals surface area contributed by atoms with E-state index in [1.54, 1.807) is 19.4 Å². The van der Waals surface area contributed by atoms with Gasteiger partial charge in [-0.05, 0) is 36.8 Å². The van der Waals surface area contributed by atoms with Crippen LogP contribution in [0.25, 0.3) is 11.6 Å². The quantitative estimate of drug-likeness (QED) is 0.391. The van der Waals surface area contributed by atoms with Crippen LogP contribution in [0.15, 0.2) is 82.6 Å². The van der Waals surface area contributed by atoms with E-state index >= 15 is 0 Å². The molecule has 1 N–H and O–H groups in total. The van der Waals surface area contributed by atoms with Crippen molar-refractivity contribution in [2.45, 2.75) is 23.9 Å². The average Bonchev–Trinajstić information content (AvgIpc) is 3.47. The van der Waals surface area contributed by atoms with Crippen LogP contribution in [-0.2, 0) is 11.3 Å². The lowest BCUT2D eigenvalue weighted by Crippen LogP contribution is -2.19. The molecule has 4 aromatic rings. The first-order valence-electron chi connectivity index (χ1n) is 9.83. The number of hydrogen-bond acceptors (Lipinski definition) is 6. The third-order valence-electron chi connectivity index (χ3n) is 4.68. The summed E-state index contributed by atoms with van der Waals surface area (Å²) in [4.78, 5) is 13.3. The second-order valence-electron chi connectivity index (χ2n) is 6.66. The molecule has 0 unspecified atom stereocenters. The van der Waals surface area contributed by atoms with E-state index < -0.39 is 5.25 Å². The number of methoxy groups -OCH3 is 1. The van der Waals surface area contributed by atoms with E-state index in [0.717, 1.165) is 5.56 Å². The maximum Gasteiger partial charge on any atom is 0.242 e. The SMILES string of the molecule is CCn1c(S[C@@H](C(=O)Nc2cccc(OC)c2)c2ccccc2)nnc1-c1ccco1. The molecule has 0 saturated carbocycles. The molecule has 31 heavy (non-hydrogen) atoms. The molecule has 7 nitrogen and oxygen atoms in total. The number of amides is 1. The van der Waals surface area contributed by atoms with E-state index in [1.165, 1.54) is 11.8 Å². The minimum atomic E-state index is -0.522. The molecule has 0 saturated heterocycles. The van der Waals surface area contributed by atoms with Crippen LogP contribution in [0, 0.1) is 0 Å². The lowest BCUT2D eigenvalue weighted by molar-refractivity contribution is -0.115.